The van der Waals surface area contributed by atoms with Gasteiger partial charge in [0.15, 0.2) is 0 Å². The molecule has 3 heteroatoms. The van der Waals surface area contributed by atoms with E-state index in [9.17, 15) is 4.79 Å². The van der Waals surface area contributed by atoms with Crippen molar-refractivity contribution in [3.63, 3.8) is 0 Å². The summed E-state index contributed by atoms with van der Waals surface area (Å²) in [6, 6.07) is 19.3. The van der Waals surface area contributed by atoms with Crippen molar-refractivity contribution in [3.8, 4) is 11.1 Å². The Kier molecular flexibility index (Phi) is 4.81. The highest BCUT2D eigenvalue weighted by Crippen LogP contribution is 2.66. The Bertz CT molecular complexity index is 814. The predicted octanol–water partition coefficient (Wildman–Crippen LogP) is 4.43. The van der Waals surface area contributed by atoms with Crippen LogP contribution in [0.3, 0.4) is 0 Å². The van der Waals surface area contributed by atoms with E-state index in [4.69, 9.17) is 5.73 Å². The SMILES string of the molecule is CC1(C)C(C(=O)N2CCCC(N)CC2)C1c1ccccc1-c1ccccc1. The molecule has 142 valence electrons. The number of amides is 1. The van der Waals surface area contributed by atoms with Crippen LogP contribution in [0.2, 0.25) is 0 Å². The average Bonchev–Trinajstić information content (AvgIpc) is 3.32. The summed E-state index contributed by atoms with van der Waals surface area (Å²) < 4.78 is 0. The van der Waals surface area contributed by atoms with Crippen molar-refractivity contribution in [2.75, 3.05) is 13.1 Å². The van der Waals surface area contributed by atoms with Crippen molar-refractivity contribution < 1.29 is 4.79 Å². The fraction of sp³-hybridized carbons (Fsp3) is 0.458. The molecule has 2 aromatic rings. The van der Waals surface area contributed by atoms with Gasteiger partial charge in [0.1, 0.15) is 0 Å². The Labute approximate surface area is 162 Å². The largest absolute Gasteiger partial charge is 0.342 e. The maximum absolute atomic E-state index is 13.4. The number of hydrogen-bond acceptors (Lipinski definition) is 2. The maximum atomic E-state index is 13.4. The molecule has 27 heavy (non-hydrogen) atoms. The van der Waals surface area contributed by atoms with E-state index in [0.29, 0.717) is 5.91 Å². The molecule has 3 nitrogen and oxygen atoms in total. The molecule has 2 fully saturated rings. The van der Waals surface area contributed by atoms with Crippen molar-refractivity contribution >= 4 is 5.91 Å². The lowest BCUT2D eigenvalue weighted by molar-refractivity contribution is -0.133. The molecule has 1 heterocycles. The first-order valence-corrected chi connectivity index (χ1v) is 10.2. The summed E-state index contributed by atoms with van der Waals surface area (Å²) in [5, 5.41) is 0. The van der Waals surface area contributed by atoms with Gasteiger partial charge in [-0.05, 0) is 41.4 Å². The molecule has 1 aliphatic carbocycles. The second kappa shape index (κ2) is 7.12. The Morgan fingerprint density at radius 1 is 1.00 bits per heavy atom. The van der Waals surface area contributed by atoms with E-state index in [2.05, 4.69) is 67.3 Å². The van der Waals surface area contributed by atoms with Crippen LogP contribution in [0.15, 0.2) is 54.6 Å². The van der Waals surface area contributed by atoms with E-state index in [1.165, 1.54) is 16.7 Å². The van der Waals surface area contributed by atoms with Crippen LogP contribution in [-0.4, -0.2) is 29.9 Å². The molecule has 1 amide bonds. The molecule has 1 saturated carbocycles. The summed E-state index contributed by atoms with van der Waals surface area (Å²) in [5.74, 6) is 0.664. The quantitative estimate of drug-likeness (QED) is 0.878. The van der Waals surface area contributed by atoms with Crippen LogP contribution >= 0.6 is 0 Å². The third kappa shape index (κ3) is 3.41. The normalized spacial score (nSPS) is 27.1. The number of hydrogen-bond donors (Lipinski definition) is 1. The number of likely N-dealkylation sites (tertiary alicyclic amines) is 1. The molecule has 3 atom stereocenters. The lowest BCUT2D eigenvalue weighted by atomic mass is 9.93. The van der Waals surface area contributed by atoms with Gasteiger partial charge >= 0.3 is 0 Å². The molecule has 3 unspecified atom stereocenters. The van der Waals surface area contributed by atoms with E-state index in [-0.39, 0.29) is 23.3 Å². The highest BCUT2D eigenvalue weighted by Gasteiger charge is 2.63. The van der Waals surface area contributed by atoms with Crippen LogP contribution in [-0.2, 0) is 4.79 Å². The second-order valence-electron chi connectivity index (χ2n) is 8.75. The minimum absolute atomic E-state index is 0.00358. The van der Waals surface area contributed by atoms with Gasteiger partial charge in [-0.1, -0.05) is 68.4 Å². The zero-order valence-electron chi connectivity index (χ0n) is 16.4. The van der Waals surface area contributed by atoms with E-state index in [1.54, 1.807) is 0 Å². The summed E-state index contributed by atoms with van der Waals surface area (Å²) in [7, 11) is 0. The van der Waals surface area contributed by atoms with Crippen LogP contribution in [0, 0.1) is 11.3 Å². The molecule has 0 aromatic heterocycles. The van der Waals surface area contributed by atoms with Gasteiger partial charge in [0.25, 0.3) is 0 Å². The van der Waals surface area contributed by atoms with Gasteiger partial charge in [0.05, 0.1) is 5.92 Å². The molecule has 2 N–H and O–H groups in total. The van der Waals surface area contributed by atoms with Crippen LogP contribution in [0.5, 0.6) is 0 Å². The standard InChI is InChI=1S/C24H30N2O/c1-24(2)21(22(24)23(27)26-15-8-11-18(25)14-16-26)20-13-7-6-12-19(20)17-9-4-3-5-10-17/h3-7,9-10,12-13,18,21-22H,8,11,14-16,25H2,1-2H3. The number of carbonyl (C=O) groups is 1. The smallest absolute Gasteiger partial charge is 0.226 e. The minimum Gasteiger partial charge on any atom is -0.342 e. The van der Waals surface area contributed by atoms with Gasteiger partial charge in [-0.3, -0.25) is 4.79 Å². The number of nitrogens with zero attached hydrogens (tertiary/aromatic N) is 1. The first-order valence-electron chi connectivity index (χ1n) is 10.2. The van der Waals surface area contributed by atoms with Gasteiger partial charge in [-0.2, -0.15) is 0 Å². The average molecular weight is 363 g/mol. The minimum atomic E-state index is -0.00358. The van der Waals surface area contributed by atoms with Crippen molar-refractivity contribution in [2.24, 2.45) is 17.1 Å². The third-order valence-electron chi connectivity index (χ3n) is 6.56. The van der Waals surface area contributed by atoms with Crippen LogP contribution in [0.25, 0.3) is 11.1 Å². The second-order valence-corrected chi connectivity index (χ2v) is 8.75. The highest BCUT2D eigenvalue weighted by molar-refractivity contribution is 5.86. The molecule has 0 radical (unpaired) electrons. The molecule has 4 rings (SSSR count). The van der Waals surface area contributed by atoms with E-state index in [1.807, 2.05) is 6.07 Å². The summed E-state index contributed by atoms with van der Waals surface area (Å²) >= 11 is 0. The third-order valence-corrected chi connectivity index (χ3v) is 6.56. The van der Waals surface area contributed by atoms with Gasteiger partial charge in [-0.15, -0.1) is 0 Å². The van der Waals surface area contributed by atoms with Gasteiger partial charge in [0, 0.05) is 25.0 Å². The highest BCUT2D eigenvalue weighted by atomic mass is 16.2. The molecular formula is C24H30N2O. The lowest BCUT2D eigenvalue weighted by Crippen LogP contribution is -2.35. The van der Waals surface area contributed by atoms with Gasteiger partial charge in [-0.25, -0.2) is 0 Å². The predicted molar refractivity (Wildman–Crippen MR) is 110 cm³/mol. The summed E-state index contributed by atoms with van der Waals surface area (Å²) in [6.45, 7) is 6.14. The maximum Gasteiger partial charge on any atom is 0.226 e. The Balaban J connectivity index is 1.61. The zero-order chi connectivity index (χ0) is 19.0. The van der Waals surface area contributed by atoms with E-state index >= 15 is 0 Å². The summed E-state index contributed by atoms with van der Waals surface area (Å²) in [5.41, 5.74) is 9.89. The fourth-order valence-electron chi connectivity index (χ4n) is 4.87. The number of carbonyl (C=O) groups excluding carboxylic acids is 1. The van der Waals surface area contributed by atoms with Crippen molar-refractivity contribution in [2.45, 2.75) is 45.1 Å². The van der Waals surface area contributed by atoms with Crippen LogP contribution in [0.4, 0.5) is 0 Å². The van der Waals surface area contributed by atoms with E-state index in [0.717, 1.165) is 32.4 Å². The van der Waals surface area contributed by atoms with Crippen molar-refractivity contribution in [3.05, 3.63) is 60.2 Å². The summed E-state index contributed by atoms with van der Waals surface area (Å²) in [4.78, 5) is 15.4. The van der Waals surface area contributed by atoms with Crippen LogP contribution < -0.4 is 5.73 Å². The molecular weight excluding hydrogens is 332 g/mol. The Morgan fingerprint density at radius 2 is 1.70 bits per heavy atom. The first-order chi connectivity index (χ1) is 13.0. The van der Waals surface area contributed by atoms with Crippen molar-refractivity contribution in [1.82, 2.24) is 4.90 Å². The number of rotatable bonds is 3. The first kappa shape index (κ1) is 18.2. The molecule has 0 bridgehead atoms. The van der Waals surface area contributed by atoms with Crippen LogP contribution in [0.1, 0.15) is 44.6 Å². The monoisotopic (exact) mass is 362 g/mol. The molecule has 1 saturated heterocycles. The van der Waals surface area contributed by atoms with Crippen molar-refractivity contribution in [1.29, 1.82) is 0 Å². The zero-order valence-corrected chi connectivity index (χ0v) is 16.4. The molecule has 0 spiro atoms. The summed E-state index contributed by atoms with van der Waals surface area (Å²) in [6.07, 6.45) is 2.97. The van der Waals surface area contributed by atoms with E-state index < -0.39 is 0 Å². The molecule has 2 aliphatic rings. The van der Waals surface area contributed by atoms with Gasteiger partial charge in [0.2, 0.25) is 5.91 Å². The lowest BCUT2D eigenvalue weighted by Gasteiger charge is -2.21. The molecule has 2 aromatic carbocycles. The number of benzene rings is 2. The molecule has 1 aliphatic heterocycles. The Hall–Kier alpha value is -2.13. The number of nitrogens with two attached hydrogens (primary N) is 1. The van der Waals surface area contributed by atoms with Gasteiger partial charge < -0.3 is 10.6 Å². The fourth-order valence-corrected chi connectivity index (χ4v) is 4.87. The Morgan fingerprint density at radius 3 is 2.48 bits per heavy atom. The topological polar surface area (TPSA) is 46.3 Å².